The first-order chi connectivity index (χ1) is 13.1. The van der Waals surface area contributed by atoms with Crippen molar-refractivity contribution in [3.05, 3.63) is 84.2 Å². The largest absolute Gasteiger partial charge is 0.399 e. The number of carbonyl (C=O) groups excluding carboxylic acids is 1. The molecule has 3 aromatic rings. The van der Waals surface area contributed by atoms with Crippen LogP contribution in [-0.4, -0.2) is 11.4 Å². The van der Waals surface area contributed by atoms with Crippen LogP contribution in [0.25, 0.3) is 11.1 Å². The van der Waals surface area contributed by atoms with Crippen LogP contribution in [0, 0.1) is 11.8 Å². The number of rotatable bonds is 1. The minimum absolute atomic E-state index is 0.250. The molecule has 0 radical (unpaired) electrons. The van der Waals surface area contributed by atoms with E-state index in [9.17, 15) is 0 Å². The monoisotopic (exact) mass is 359 g/mol. The van der Waals surface area contributed by atoms with Gasteiger partial charge in [0.2, 0.25) is 6.41 Å². The summed E-state index contributed by atoms with van der Waals surface area (Å²) in [7, 11) is 0. The molecule has 4 nitrogen and oxygen atoms in total. The van der Waals surface area contributed by atoms with E-state index in [1.54, 1.807) is 6.20 Å². The summed E-state index contributed by atoms with van der Waals surface area (Å²) in [5.74, 6) is 6.19. The standard InChI is InChI=1S/C19H14N2.C3H8.CH3NO/c20-18-9-6-15(7-10-18)8-11-19-14-17(12-13-21-19)16-4-2-1-3-5-16;1-3-2;2-1-3/h1-7,9-10,12-14H,20H2;3H2,1-2H3;1H,(H2,2,3). The van der Waals surface area contributed by atoms with Crippen molar-refractivity contribution in [2.24, 2.45) is 5.73 Å². The van der Waals surface area contributed by atoms with E-state index in [1.165, 1.54) is 6.42 Å². The SMILES string of the molecule is CCC.NC=O.Nc1ccc(C#Cc2cc(-c3ccccc3)ccn2)cc1. The van der Waals surface area contributed by atoms with Crippen LogP contribution >= 0.6 is 0 Å². The highest BCUT2D eigenvalue weighted by atomic mass is 16.1. The number of nitrogens with zero attached hydrogens (tertiary/aromatic N) is 1. The van der Waals surface area contributed by atoms with Crippen LogP contribution in [0.4, 0.5) is 5.69 Å². The first kappa shape index (κ1) is 21.5. The summed E-state index contributed by atoms with van der Waals surface area (Å²) in [4.78, 5) is 12.9. The molecule has 27 heavy (non-hydrogen) atoms. The van der Waals surface area contributed by atoms with E-state index in [4.69, 9.17) is 10.5 Å². The summed E-state index contributed by atoms with van der Waals surface area (Å²) in [6.45, 7) is 4.25. The van der Waals surface area contributed by atoms with Gasteiger partial charge in [-0.05, 0) is 53.4 Å². The van der Waals surface area contributed by atoms with Crippen molar-refractivity contribution in [3.63, 3.8) is 0 Å². The average molecular weight is 359 g/mol. The molecule has 0 bridgehead atoms. The molecule has 2 aromatic carbocycles. The zero-order valence-electron chi connectivity index (χ0n) is 15.7. The third-order valence-electron chi connectivity index (χ3n) is 3.11. The fourth-order valence-corrected chi connectivity index (χ4v) is 2.01. The first-order valence-corrected chi connectivity index (χ1v) is 8.69. The molecular formula is C23H25N3O. The summed E-state index contributed by atoms with van der Waals surface area (Å²) in [5.41, 5.74) is 14.5. The average Bonchev–Trinajstić information content (AvgIpc) is 2.70. The van der Waals surface area contributed by atoms with Gasteiger partial charge >= 0.3 is 0 Å². The number of nitrogens with two attached hydrogens (primary N) is 2. The second-order valence-corrected chi connectivity index (χ2v) is 5.51. The van der Waals surface area contributed by atoms with Crippen molar-refractivity contribution < 1.29 is 4.79 Å². The van der Waals surface area contributed by atoms with Crippen molar-refractivity contribution in [1.29, 1.82) is 0 Å². The van der Waals surface area contributed by atoms with Gasteiger partial charge in [-0.3, -0.25) is 4.79 Å². The summed E-state index contributed by atoms with van der Waals surface area (Å²) in [6, 6.07) is 21.7. The fourth-order valence-electron chi connectivity index (χ4n) is 2.01. The number of pyridine rings is 1. The van der Waals surface area contributed by atoms with Crippen LogP contribution in [0.15, 0.2) is 72.9 Å². The van der Waals surface area contributed by atoms with Gasteiger partial charge in [-0.25, -0.2) is 4.98 Å². The predicted octanol–water partition coefficient (Wildman–Crippen LogP) is 4.25. The molecule has 1 heterocycles. The molecule has 0 unspecified atom stereocenters. The Balaban J connectivity index is 0.000000540. The van der Waals surface area contributed by atoms with E-state index in [2.05, 4.69) is 48.5 Å². The second-order valence-electron chi connectivity index (χ2n) is 5.51. The quantitative estimate of drug-likeness (QED) is 0.387. The minimum atomic E-state index is 0.250. The van der Waals surface area contributed by atoms with Crippen molar-refractivity contribution in [2.75, 3.05) is 5.73 Å². The molecule has 0 saturated carbocycles. The third kappa shape index (κ3) is 8.37. The van der Waals surface area contributed by atoms with Crippen LogP contribution in [0.5, 0.6) is 0 Å². The van der Waals surface area contributed by atoms with Crippen LogP contribution in [0.1, 0.15) is 31.5 Å². The summed E-state index contributed by atoms with van der Waals surface area (Å²) in [6.07, 6.45) is 3.29. The van der Waals surface area contributed by atoms with Gasteiger partial charge in [-0.15, -0.1) is 0 Å². The first-order valence-electron chi connectivity index (χ1n) is 8.69. The van der Waals surface area contributed by atoms with Gasteiger partial charge in [-0.2, -0.15) is 0 Å². The molecule has 4 N–H and O–H groups in total. The van der Waals surface area contributed by atoms with E-state index in [0.29, 0.717) is 0 Å². The maximum Gasteiger partial charge on any atom is 0.204 e. The number of anilines is 1. The van der Waals surface area contributed by atoms with Crippen molar-refractivity contribution in [1.82, 2.24) is 4.98 Å². The van der Waals surface area contributed by atoms with Crippen molar-refractivity contribution >= 4 is 12.1 Å². The fraction of sp³-hybridized carbons (Fsp3) is 0.130. The Morgan fingerprint density at radius 1 is 0.926 bits per heavy atom. The molecule has 138 valence electrons. The Labute approximate surface area is 161 Å². The highest BCUT2D eigenvalue weighted by molar-refractivity contribution is 5.64. The lowest BCUT2D eigenvalue weighted by Crippen LogP contribution is -1.85. The Hall–Kier alpha value is -3.58. The highest BCUT2D eigenvalue weighted by Crippen LogP contribution is 2.18. The molecule has 4 heteroatoms. The molecule has 0 fully saturated rings. The van der Waals surface area contributed by atoms with Gasteiger partial charge < -0.3 is 11.5 Å². The Morgan fingerprint density at radius 2 is 1.52 bits per heavy atom. The molecule has 0 spiro atoms. The lowest BCUT2D eigenvalue weighted by molar-refractivity contribution is -0.106. The number of amides is 1. The van der Waals surface area contributed by atoms with Gasteiger partial charge in [0.1, 0.15) is 5.69 Å². The number of carbonyl (C=O) groups is 1. The van der Waals surface area contributed by atoms with Gasteiger partial charge in [0.05, 0.1) is 0 Å². The van der Waals surface area contributed by atoms with Crippen LogP contribution in [0.2, 0.25) is 0 Å². The maximum absolute atomic E-state index is 8.58. The van der Waals surface area contributed by atoms with Gasteiger partial charge in [0.15, 0.2) is 0 Å². The predicted molar refractivity (Wildman–Crippen MR) is 113 cm³/mol. The number of primary amides is 1. The van der Waals surface area contributed by atoms with Crippen LogP contribution < -0.4 is 11.5 Å². The molecule has 1 amide bonds. The molecule has 0 atom stereocenters. The van der Waals surface area contributed by atoms with Crippen molar-refractivity contribution in [3.8, 4) is 23.0 Å². The number of aromatic nitrogens is 1. The topological polar surface area (TPSA) is 82.0 Å². The van der Waals surface area contributed by atoms with E-state index < -0.39 is 0 Å². The Bertz CT molecular complexity index is 863. The normalized spacial score (nSPS) is 8.67. The molecule has 0 saturated heterocycles. The van der Waals surface area contributed by atoms with Gasteiger partial charge in [0.25, 0.3) is 0 Å². The zero-order chi connectivity index (χ0) is 19.9. The molecule has 0 aliphatic heterocycles. The molecule has 1 aromatic heterocycles. The maximum atomic E-state index is 8.58. The van der Waals surface area contributed by atoms with E-state index in [-0.39, 0.29) is 6.41 Å². The molecular weight excluding hydrogens is 334 g/mol. The van der Waals surface area contributed by atoms with Gasteiger partial charge in [-0.1, -0.05) is 56.5 Å². The molecule has 0 aliphatic carbocycles. The number of hydrogen-bond acceptors (Lipinski definition) is 3. The van der Waals surface area contributed by atoms with Crippen LogP contribution in [0.3, 0.4) is 0 Å². The third-order valence-corrected chi connectivity index (χ3v) is 3.11. The minimum Gasteiger partial charge on any atom is -0.399 e. The van der Waals surface area contributed by atoms with Gasteiger partial charge in [0, 0.05) is 17.4 Å². The Morgan fingerprint density at radius 3 is 2.11 bits per heavy atom. The van der Waals surface area contributed by atoms with E-state index >= 15 is 0 Å². The Kier molecular flexibility index (Phi) is 10.1. The summed E-state index contributed by atoms with van der Waals surface area (Å²) < 4.78 is 0. The van der Waals surface area contributed by atoms with Crippen LogP contribution in [-0.2, 0) is 4.79 Å². The van der Waals surface area contributed by atoms with E-state index in [0.717, 1.165) is 28.1 Å². The zero-order valence-corrected chi connectivity index (χ0v) is 15.7. The lowest BCUT2D eigenvalue weighted by atomic mass is 10.1. The number of hydrogen-bond donors (Lipinski definition) is 2. The smallest absolute Gasteiger partial charge is 0.204 e. The lowest BCUT2D eigenvalue weighted by Gasteiger charge is -2.00. The summed E-state index contributed by atoms with van der Waals surface area (Å²) >= 11 is 0. The second kappa shape index (κ2) is 12.7. The summed E-state index contributed by atoms with van der Waals surface area (Å²) in [5, 5.41) is 0. The number of benzene rings is 2. The van der Waals surface area contributed by atoms with E-state index in [1.807, 2.05) is 54.6 Å². The number of nitrogen functional groups attached to an aromatic ring is 1. The highest BCUT2D eigenvalue weighted by Gasteiger charge is 1.97. The van der Waals surface area contributed by atoms with Crippen molar-refractivity contribution in [2.45, 2.75) is 20.3 Å². The molecule has 3 rings (SSSR count). The molecule has 0 aliphatic rings.